The van der Waals surface area contributed by atoms with Crippen molar-refractivity contribution in [2.45, 2.75) is 32.6 Å². The number of aryl methyl sites for hydroxylation is 2. The van der Waals surface area contributed by atoms with Gasteiger partial charge in [0.2, 0.25) is 10.0 Å². The fourth-order valence-corrected chi connectivity index (χ4v) is 3.91. The third kappa shape index (κ3) is 3.71. The van der Waals surface area contributed by atoms with E-state index in [0.29, 0.717) is 30.0 Å². The maximum Gasteiger partial charge on any atom is 0.241 e. The van der Waals surface area contributed by atoms with Gasteiger partial charge in [-0.3, -0.25) is 0 Å². The molecule has 0 aliphatic carbocycles. The van der Waals surface area contributed by atoms with Crippen LogP contribution in [0.4, 0.5) is 5.69 Å². The molecule has 0 spiro atoms. The Hall–Kier alpha value is -1.11. The number of benzene rings is 1. The Balaban J connectivity index is 3.08. The minimum absolute atomic E-state index is 0.109. The van der Waals surface area contributed by atoms with Crippen molar-refractivity contribution < 1.29 is 13.2 Å². The Labute approximate surface area is 121 Å². The molecule has 0 radical (unpaired) electrons. The minimum atomic E-state index is -3.56. The second-order valence-corrected chi connectivity index (χ2v) is 6.99. The van der Waals surface area contributed by atoms with Gasteiger partial charge in [0, 0.05) is 25.9 Å². The van der Waals surface area contributed by atoms with Crippen molar-refractivity contribution in [1.29, 1.82) is 0 Å². The zero-order valence-electron chi connectivity index (χ0n) is 12.8. The van der Waals surface area contributed by atoms with Gasteiger partial charge in [0.05, 0.1) is 4.90 Å². The summed E-state index contributed by atoms with van der Waals surface area (Å²) in [5, 5.41) is 0. The van der Waals surface area contributed by atoms with Crippen LogP contribution in [0.5, 0.6) is 0 Å². The molecule has 1 aromatic carbocycles. The van der Waals surface area contributed by atoms with Gasteiger partial charge in [-0.2, -0.15) is 0 Å². The van der Waals surface area contributed by atoms with Crippen molar-refractivity contribution in [2.24, 2.45) is 5.92 Å². The number of anilines is 1. The normalized spacial score (nSPS) is 13.4. The summed E-state index contributed by atoms with van der Waals surface area (Å²) in [4.78, 5) is 0.283. The minimum Gasteiger partial charge on any atom is -0.398 e. The third-order valence-corrected chi connectivity index (χ3v) is 5.01. The van der Waals surface area contributed by atoms with Gasteiger partial charge in [0.15, 0.2) is 0 Å². The molecule has 0 heterocycles. The fraction of sp³-hybridized carbons (Fsp3) is 0.571. The highest BCUT2D eigenvalue weighted by atomic mass is 32.2. The predicted octanol–water partition coefficient (Wildman–Crippen LogP) is 1.75. The highest BCUT2D eigenvalue weighted by Gasteiger charge is 2.22. The number of hydrogen-bond donors (Lipinski definition) is 2. The van der Waals surface area contributed by atoms with E-state index in [9.17, 15) is 8.42 Å². The molecule has 0 fully saturated rings. The van der Waals surface area contributed by atoms with Crippen LogP contribution >= 0.6 is 0 Å². The van der Waals surface area contributed by atoms with E-state index in [-0.39, 0.29) is 10.8 Å². The van der Waals surface area contributed by atoms with E-state index in [1.165, 1.54) is 0 Å². The van der Waals surface area contributed by atoms with Gasteiger partial charge in [-0.15, -0.1) is 0 Å². The van der Waals surface area contributed by atoms with E-state index in [0.717, 1.165) is 5.56 Å². The summed E-state index contributed by atoms with van der Waals surface area (Å²) in [7, 11) is -1.96. The Morgan fingerprint density at radius 2 is 1.90 bits per heavy atom. The molecule has 1 aromatic rings. The number of nitrogen functional groups attached to an aromatic ring is 1. The molecule has 0 saturated heterocycles. The van der Waals surface area contributed by atoms with Gasteiger partial charge in [-0.05, 0) is 43.4 Å². The number of rotatable bonds is 6. The van der Waals surface area contributed by atoms with Gasteiger partial charge >= 0.3 is 0 Å². The summed E-state index contributed by atoms with van der Waals surface area (Å²) in [6.07, 6.45) is 0. The molecule has 0 aliphatic rings. The van der Waals surface area contributed by atoms with Crippen molar-refractivity contribution in [1.82, 2.24) is 4.72 Å². The van der Waals surface area contributed by atoms with E-state index in [1.807, 2.05) is 13.8 Å². The number of methoxy groups -OCH3 is 1. The molecule has 1 unspecified atom stereocenters. The Morgan fingerprint density at radius 3 is 2.45 bits per heavy atom. The summed E-state index contributed by atoms with van der Waals surface area (Å²) in [5.74, 6) is 0.109. The van der Waals surface area contributed by atoms with Crippen LogP contribution in [-0.4, -0.2) is 28.7 Å². The number of nitrogens with two attached hydrogens (primary N) is 1. The zero-order valence-corrected chi connectivity index (χ0v) is 13.6. The van der Waals surface area contributed by atoms with Crippen LogP contribution in [0.15, 0.2) is 11.0 Å². The molecular formula is C14H24N2O3S. The highest BCUT2D eigenvalue weighted by molar-refractivity contribution is 7.89. The first-order valence-corrected chi connectivity index (χ1v) is 8.04. The van der Waals surface area contributed by atoms with Gasteiger partial charge < -0.3 is 10.5 Å². The summed E-state index contributed by atoms with van der Waals surface area (Å²) in [6.45, 7) is 8.17. The van der Waals surface area contributed by atoms with E-state index in [2.05, 4.69) is 4.72 Å². The summed E-state index contributed by atoms with van der Waals surface area (Å²) < 4.78 is 32.5. The van der Waals surface area contributed by atoms with Crippen LogP contribution in [0.3, 0.4) is 0 Å². The molecule has 20 heavy (non-hydrogen) atoms. The van der Waals surface area contributed by atoms with Gasteiger partial charge in [-0.25, -0.2) is 13.1 Å². The van der Waals surface area contributed by atoms with Crippen LogP contribution in [0.2, 0.25) is 0 Å². The van der Waals surface area contributed by atoms with Crippen molar-refractivity contribution in [2.75, 3.05) is 26.0 Å². The molecule has 1 atom stereocenters. The Kier molecular flexibility index (Phi) is 5.56. The molecule has 0 bridgehead atoms. The number of nitrogens with one attached hydrogen (secondary N) is 1. The molecule has 5 nitrogen and oxygen atoms in total. The molecule has 1 rings (SSSR count). The topological polar surface area (TPSA) is 81.4 Å². The molecule has 0 aliphatic heterocycles. The van der Waals surface area contributed by atoms with E-state index < -0.39 is 10.0 Å². The maximum atomic E-state index is 12.4. The first-order valence-electron chi connectivity index (χ1n) is 6.55. The summed E-state index contributed by atoms with van der Waals surface area (Å²) in [5.41, 5.74) is 8.68. The smallest absolute Gasteiger partial charge is 0.241 e. The highest BCUT2D eigenvalue weighted by Crippen LogP contribution is 2.27. The average Bonchev–Trinajstić information content (AvgIpc) is 2.34. The van der Waals surface area contributed by atoms with E-state index in [4.69, 9.17) is 10.5 Å². The third-order valence-electron chi connectivity index (χ3n) is 3.30. The number of hydrogen-bond acceptors (Lipinski definition) is 4. The Bertz CT molecular complexity index is 583. The second kappa shape index (κ2) is 6.56. The Morgan fingerprint density at radius 1 is 1.30 bits per heavy atom. The molecule has 0 aromatic heterocycles. The van der Waals surface area contributed by atoms with E-state index in [1.54, 1.807) is 27.0 Å². The first-order chi connectivity index (χ1) is 9.20. The van der Waals surface area contributed by atoms with Gasteiger partial charge in [-0.1, -0.05) is 13.0 Å². The van der Waals surface area contributed by atoms with Crippen LogP contribution < -0.4 is 10.5 Å². The molecule has 0 saturated carbocycles. The lowest BCUT2D eigenvalue weighted by Gasteiger charge is -2.17. The SMILES string of the molecule is COCC(C)CNS(=O)(=O)c1c(C)cc(C)c(N)c1C. The monoisotopic (exact) mass is 300 g/mol. The van der Waals surface area contributed by atoms with Crippen molar-refractivity contribution >= 4 is 15.7 Å². The number of sulfonamides is 1. The van der Waals surface area contributed by atoms with Crippen molar-refractivity contribution in [3.8, 4) is 0 Å². The van der Waals surface area contributed by atoms with Crippen LogP contribution in [0.1, 0.15) is 23.6 Å². The zero-order chi connectivity index (χ0) is 15.5. The maximum absolute atomic E-state index is 12.4. The lowest BCUT2D eigenvalue weighted by molar-refractivity contribution is 0.161. The quantitative estimate of drug-likeness (QED) is 0.784. The average molecular weight is 300 g/mol. The predicted molar refractivity (Wildman–Crippen MR) is 81.3 cm³/mol. The second-order valence-electron chi connectivity index (χ2n) is 5.29. The van der Waals surface area contributed by atoms with Crippen LogP contribution in [0.25, 0.3) is 0 Å². The lowest BCUT2D eigenvalue weighted by atomic mass is 10.1. The van der Waals surface area contributed by atoms with Crippen molar-refractivity contribution in [3.05, 3.63) is 22.8 Å². The summed E-state index contributed by atoms with van der Waals surface area (Å²) in [6, 6.07) is 1.80. The van der Waals surface area contributed by atoms with Gasteiger partial charge in [0.1, 0.15) is 0 Å². The first kappa shape index (κ1) is 16.9. The van der Waals surface area contributed by atoms with Crippen LogP contribution in [-0.2, 0) is 14.8 Å². The molecule has 114 valence electrons. The molecular weight excluding hydrogens is 276 g/mol. The van der Waals surface area contributed by atoms with Gasteiger partial charge in [0.25, 0.3) is 0 Å². The fourth-order valence-electron chi connectivity index (χ4n) is 2.26. The molecule has 3 N–H and O–H groups in total. The van der Waals surface area contributed by atoms with E-state index >= 15 is 0 Å². The standard InChI is InChI=1S/C14H24N2O3S/c1-9(8-19-5)7-16-20(17,18)14-11(3)6-10(2)13(15)12(14)4/h6,9,16H,7-8,15H2,1-5H3. The number of ether oxygens (including phenoxy) is 1. The van der Waals surface area contributed by atoms with Crippen LogP contribution in [0, 0.1) is 26.7 Å². The molecule has 0 amide bonds. The largest absolute Gasteiger partial charge is 0.398 e. The summed E-state index contributed by atoms with van der Waals surface area (Å²) >= 11 is 0. The lowest BCUT2D eigenvalue weighted by Crippen LogP contribution is -2.31. The molecule has 6 heteroatoms. The van der Waals surface area contributed by atoms with Crippen molar-refractivity contribution in [3.63, 3.8) is 0 Å².